The molecule has 0 aliphatic carbocycles. The molecule has 0 saturated heterocycles. The average molecular weight is 412 g/mol. The van der Waals surface area contributed by atoms with E-state index in [0.29, 0.717) is 22.7 Å². The number of nitrogens with one attached hydrogen (secondary N) is 2. The Bertz CT molecular complexity index is 1000. The van der Waals surface area contributed by atoms with Crippen molar-refractivity contribution >= 4 is 29.1 Å². The second-order valence-corrected chi connectivity index (χ2v) is 7.31. The predicted octanol–water partition coefficient (Wildman–Crippen LogP) is 2.94. The van der Waals surface area contributed by atoms with Gasteiger partial charge in [-0.05, 0) is 41.8 Å². The van der Waals surface area contributed by atoms with E-state index in [2.05, 4.69) is 15.5 Å². The van der Waals surface area contributed by atoms with E-state index in [1.54, 1.807) is 50.8 Å². The number of benzene rings is 2. The maximum atomic E-state index is 12.7. The second kappa shape index (κ2) is 8.89. The smallest absolute Gasteiger partial charge is 0.255 e. The van der Waals surface area contributed by atoms with Gasteiger partial charge in [-0.1, -0.05) is 29.8 Å². The largest absolute Gasteiger partial charge is 0.345 e. The molecule has 3 rings (SSSR count). The number of carbonyl (C=O) groups is 2. The van der Waals surface area contributed by atoms with Crippen LogP contribution in [-0.4, -0.2) is 47.0 Å². The summed E-state index contributed by atoms with van der Waals surface area (Å²) in [4.78, 5) is 26.8. The monoisotopic (exact) mass is 411 g/mol. The Hall–Kier alpha value is -3.16. The van der Waals surface area contributed by atoms with Crippen LogP contribution in [0.4, 0.5) is 5.69 Å². The molecule has 0 radical (unpaired) electrons. The molecule has 0 saturated carbocycles. The van der Waals surface area contributed by atoms with Crippen LogP contribution in [0.25, 0.3) is 11.1 Å². The summed E-state index contributed by atoms with van der Waals surface area (Å²) in [5.41, 5.74) is 9.42. The van der Waals surface area contributed by atoms with Gasteiger partial charge in [0.05, 0.1) is 23.5 Å². The normalized spacial score (nSPS) is 11.7. The van der Waals surface area contributed by atoms with Crippen molar-refractivity contribution in [3.05, 3.63) is 71.0 Å². The summed E-state index contributed by atoms with van der Waals surface area (Å²) in [5, 5.41) is 10.1. The lowest BCUT2D eigenvalue weighted by Crippen LogP contribution is -2.38. The Morgan fingerprint density at radius 2 is 1.90 bits per heavy atom. The molecule has 1 atom stereocenters. The minimum atomic E-state index is -0.771. The van der Waals surface area contributed by atoms with Gasteiger partial charge in [0.15, 0.2) is 0 Å². The van der Waals surface area contributed by atoms with Gasteiger partial charge in [-0.15, -0.1) is 0 Å². The number of nitrogens with two attached hydrogens (primary N) is 1. The third-order valence-corrected chi connectivity index (χ3v) is 4.70. The summed E-state index contributed by atoms with van der Waals surface area (Å²) in [6.07, 6.45) is 3.76. The van der Waals surface area contributed by atoms with Gasteiger partial charge in [0.2, 0.25) is 5.91 Å². The fraction of sp³-hybridized carbons (Fsp3) is 0.190. The van der Waals surface area contributed by atoms with Gasteiger partial charge in [0.25, 0.3) is 5.91 Å². The van der Waals surface area contributed by atoms with E-state index in [4.69, 9.17) is 17.3 Å². The van der Waals surface area contributed by atoms with E-state index in [1.807, 2.05) is 18.2 Å². The molecular weight excluding hydrogens is 390 g/mol. The molecule has 7 nitrogen and oxygen atoms in total. The van der Waals surface area contributed by atoms with Gasteiger partial charge < -0.3 is 16.0 Å². The molecule has 0 fully saturated rings. The summed E-state index contributed by atoms with van der Waals surface area (Å²) >= 11 is 5.89. The molecule has 2 amide bonds. The standard InChI is InChI=1S/C21H22ClN5O2/c1-27(2)21(29)17-10-14(15-11-24-25-12-15)5-8-19(17)26-20(28)18(23)9-13-3-6-16(22)7-4-13/h3-8,10-12,18H,9,23H2,1-2H3,(H,24,25)(H,26,28). The molecule has 8 heteroatoms. The number of aromatic amines is 1. The van der Waals surface area contributed by atoms with Crippen molar-refractivity contribution in [2.45, 2.75) is 12.5 Å². The zero-order valence-corrected chi connectivity index (χ0v) is 16.9. The topological polar surface area (TPSA) is 104 Å². The van der Waals surface area contributed by atoms with E-state index in [1.165, 1.54) is 4.90 Å². The Kier molecular flexibility index (Phi) is 6.31. The van der Waals surface area contributed by atoms with Crippen molar-refractivity contribution < 1.29 is 9.59 Å². The Morgan fingerprint density at radius 1 is 1.17 bits per heavy atom. The number of anilines is 1. The Morgan fingerprint density at radius 3 is 2.52 bits per heavy atom. The summed E-state index contributed by atoms with van der Waals surface area (Å²) in [6.45, 7) is 0. The minimum Gasteiger partial charge on any atom is -0.345 e. The molecule has 0 bridgehead atoms. The van der Waals surface area contributed by atoms with Gasteiger partial charge in [0.1, 0.15) is 0 Å². The molecule has 1 aromatic heterocycles. The third kappa shape index (κ3) is 5.01. The average Bonchev–Trinajstić information content (AvgIpc) is 3.24. The number of H-pyrrole nitrogens is 1. The lowest BCUT2D eigenvalue weighted by Gasteiger charge is -2.18. The molecule has 3 aromatic rings. The van der Waals surface area contributed by atoms with Crippen molar-refractivity contribution in [2.75, 3.05) is 19.4 Å². The highest BCUT2D eigenvalue weighted by Gasteiger charge is 2.20. The first-order valence-electron chi connectivity index (χ1n) is 9.01. The number of carbonyl (C=O) groups excluding carboxylic acids is 2. The maximum absolute atomic E-state index is 12.7. The first kappa shape index (κ1) is 20.6. The highest BCUT2D eigenvalue weighted by molar-refractivity contribution is 6.30. The van der Waals surface area contributed by atoms with Crippen LogP contribution >= 0.6 is 11.6 Å². The number of rotatable bonds is 6. The SMILES string of the molecule is CN(C)C(=O)c1cc(-c2cn[nH]c2)ccc1NC(=O)C(N)Cc1ccc(Cl)cc1. The molecule has 4 N–H and O–H groups in total. The van der Waals surface area contributed by atoms with Crippen molar-refractivity contribution in [3.63, 3.8) is 0 Å². The molecule has 0 aliphatic heterocycles. The quantitative estimate of drug-likeness (QED) is 0.580. The number of nitrogens with zero attached hydrogens (tertiary/aromatic N) is 2. The van der Waals surface area contributed by atoms with Crippen molar-refractivity contribution in [2.24, 2.45) is 5.73 Å². The van der Waals surface area contributed by atoms with Crippen LogP contribution in [0.1, 0.15) is 15.9 Å². The van der Waals surface area contributed by atoms with E-state index in [-0.39, 0.29) is 11.8 Å². The molecule has 1 unspecified atom stereocenters. The summed E-state index contributed by atoms with van der Waals surface area (Å²) in [5.74, 6) is -0.597. The first-order valence-corrected chi connectivity index (χ1v) is 9.38. The fourth-order valence-electron chi connectivity index (χ4n) is 2.85. The summed E-state index contributed by atoms with van der Waals surface area (Å²) < 4.78 is 0. The van der Waals surface area contributed by atoms with Crippen molar-refractivity contribution in [1.82, 2.24) is 15.1 Å². The summed E-state index contributed by atoms with van der Waals surface area (Å²) in [7, 11) is 3.31. The number of amides is 2. The molecule has 29 heavy (non-hydrogen) atoms. The molecule has 0 spiro atoms. The van der Waals surface area contributed by atoms with Crippen molar-refractivity contribution in [3.8, 4) is 11.1 Å². The minimum absolute atomic E-state index is 0.225. The fourth-order valence-corrected chi connectivity index (χ4v) is 2.98. The second-order valence-electron chi connectivity index (χ2n) is 6.87. The third-order valence-electron chi connectivity index (χ3n) is 4.45. The lowest BCUT2D eigenvalue weighted by atomic mass is 10.0. The van der Waals surface area contributed by atoms with E-state index in [9.17, 15) is 9.59 Å². The van der Waals surface area contributed by atoms with Crippen LogP contribution in [0.15, 0.2) is 54.9 Å². The molecule has 0 aliphatic rings. The zero-order chi connectivity index (χ0) is 21.0. The van der Waals surface area contributed by atoms with Crippen LogP contribution < -0.4 is 11.1 Å². The van der Waals surface area contributed by atoms with Gasteiger partial charge in [-0.2, -0.15) is 5.10 Å². The first-order chi connectivity index (χ1) is 13.8. The van der Waals surface area contributed by atoms with E-state index < -0.39 is 6.04 Å². The van der Waals surface area contributed by atoms with E-state index in [0.717, 1.165) is 16.7 Å². The highest BCUT2D eigenvalue weighted by atomic mass is 35.5. The maximum Gasteiger partial charge on any atom is 0.255 e. The number of halogens is 1. The van der Waals surface area contributed by atoms with Gasteiger partial charge in [-0.25, -0.2) is 0 Å². The van der Waals surface area contributed by atoms with Crippen molar-refractivity contribution in [1.29, 1.82) is 0 Å². The lowest BCUT2D eigenvalue weighted by molar-refractivity contribution is -0.117. The van der Waals surface area contributed by atoms with Crippen LogP contribution in [0, 0.1) is 0 Å². The number of hydrogen-bond acceptors (Lipinski definition) is 4. The molecule has 2 aromatic carbocycles. The molecular formula is C21H22ClN5O2. The Balaban J connectivity index is 1.82. The van der Waals surface area contributed by atoms with Crippen LogP contribution in [0.5, 0.6) is 0 Å². The number of hydrogen-bond donors (Lipinski definition) is 3. The molecule has 150 valence electrons. The van der Waals surface area contributed by atoms with Crippen LogP contribution in [0.3, 0.4) is 0 Å². The van der Waals surface area contributed by atoms with Gasteiger partial charge >= 0.3 is 0 Å². The molecule has 1 heterocycles. The Labute approximate surface area is 173 Å². The van der Waals surface area contributed by atoms with Gasteiger partial charge in [0, 0.05) is 30.9 Å². The predicted molar refractivity (Wildman–Crippen MR) is 114 cm³/mol. The van der Waals surface area contributed by atoms with E-state index >= 15 is 0 Å². The highest BCUT2D eigenvalue weighted by Crippen LogP contribution is 2.26. The zero-order valence-electron chi connectivity index (χ0n) is 16.1. The van der Waals surface area contributed by atoms with Crippen LogP contribution in [0.2, 0.25) is 5.02 Å². The number of aromatic nitrogens is 2. The summed E-state index contributed by atoms with van der Waals surface area (Å²) in [6, 6.07) is 11.6. The van der Waals surface area contributed by atoms with Crippen LogP contribution in [-0.2, 0) is 11.2 Å². The van der Waals surface area contributed by atoms with Gasteiger partial charge in [-0.3, -0.25) is 14.7 Å².